The van der Waals surface area contributed by atoms with Gasteiger partial charge in [-0.2, -0.15) is 15.0 Å². The molecule has 1 unspecified atom stereocenters. The second kappa shape index (κ2) is 5.90. The molecule has 0 saturated carbocycles. The number of aromatic nitrogens is 2. The standard InChI is InChI=1S/C19H18FN5O/c20-15-3-1-2-13(8-15)16-9-17(23-12-22-16)24-18-21-10-19(26-18)11-25-6-4-14(19)5-7-25/h1-3,8-10,12,14H,4-7,11H2/p+1. The Morgan fingerprint density at radius 2 is 2.12 bits per heavy atom. The average Bonchev–Trinajstić information content (AvgIpc) is 3.05. The Bertz CT molecular complexity index is 918. The Kier molecular flexibility index (Phi) is 3.51. The first-order chi connectivity index (χ1) is 12.7. The zero-order chi connectivity index (χ0) is 17.6. The summed E-state index contributed by atoms with van der Waals surface area (Å²) in [5, 5.41) is 3.13. The van der Waals surface area contributed by atoms with Crippen LogP contribution >= 0.6 is 0 Å². The van der Waals surface area contributed by atoms with Crippen molar-refractivity contribution in [3.63, 3.8) is 0 Å². The average molecular weight is 352 g/mol. The number of piperidine rings is 3. The molecule has 1 aromatic heterocycles. The predicted octanol–water partition coefficient (Wildman–Crippen LogP) is 1.68. The molecule has 1 aromatic carbocycles. The summed E-state index contributed by atoms with van der Waals surface area (Å²) in [4.78, 5) is 10.9. The fraction of sp³-hybridized carbons (Fsp3) is 0.368. The molecule has 2 bridgehead atoms. The Morgan fingerprint density at radius 3 is 2.88 bits per heavy atom. The summed E-state index contributed by atoms with van der Waals surface area (Å²) in [5.41, 5.74) is 1.03. The van der Waals surface area contributed by atoms with Gasteiger partial charge in [-0.15, -0.1) is 0 Å². The van der Waals surface area contributed by atoms with E-state index in [1.165, 1.54) is 18.5 Å². The zero-order valence-electron chi connectivity index (χ0n) is 14.2. The Balaban J connectivity index is 1.34. The van der Waals surface area contributed by atoms with Crippen LogP contribution in [-0.2, 0) is 4.74 Å². The van der Waals surface area contributed by atoms with Crippen LogP contribution in [-0.4, -0.2) is 52.3 Å². The van der Waals surface area contributed by atoms with Gasteiger partial charge in [-0.05, 0) is 38.1 Å². The highest BCUT2D eigenvalue weighted by Crippen LogP contribution is 2.38. The molecule has 26 heavy (non-hydrogen) atoms. The van der Waals surface area contributed by atoms with Crippen molar-refractivity contribution in [1.29, 1.82) is 0 Å². The highest BCUT2D eigenvalue weighted by Gasteiger charge is 2.54. The second-order valence-corrected chi connectivity index (χ2v) is 7.09. The molecule has 132 valence electrons. The van der Waals surface area contributed by atoms with E-state index in [0.29, 0.717) is 29.0 Å². The van der Waals surface area contributed by atoms with Crippen molar-refractivity contribution in [2.24, 2.45) is 5.92 Å². The number of nitrogens with one attached hydrogen (secondary N) is 1. The minimum Gasteiger partial charge on any atom is -0.401 e. The highest BCUT2D eigenvalue weighted by molar-refractivity contribution is 5.95. The van der Waals surface area contributed by atoms with E-state index in [9.17, 15) is 4.39 Å². The topological polar surface area (TPSA) is 64.4 Å². The molecule has 3 fully saturated rings. The molecule has 4 aliphatic heterocycles. The fourth-order valence-electron chi connectivity index (χ4n) is 4.12. The number of amidine groups is 1. The van der Waals surface area contributed by atoms with E-state index in [2.05, 4.69) is 24.9 Å². The lowest BCUT2D eigenvalue weighted by molar-refractivity contribution is -0.0474. The van der Waals surface area contributed by atoms with E-state index in [1.54, 1.807) is 12.1 Å². The summed E-state index contributed by atoms with van der Waals surface area (Å²) < 4.78 is 24.1. The van der Waals surface area contributed by atoms with E-state index in [0.717, 1.165) is 32.5 Å². The van der Waals surface area contributed by atoms with Crippen LogP contribution in [0.1, 0.15) is 12.8 Å². The monoisotopic (exact) mass is 352 g/mol. The largest absolute Gasteiger partial charge is 0.554 e. The van der Waals surface area contributed by atoms with Crippen molar-refractivity contribution in [2.75, 3.05) is 25.0 Å². The van der Waals surface area contributed by atoms with Gasteiger partial charge in [0, 0.05) is 24.1 Å². The quantitative estimate of drug-likeness (QED) is 0.833. The number of benzene rings is 1. The Labute approximate surface area is 150 Å². The van der Waals surface area contributed by atoms with Crippen LogP contribution in [0.5, 0.6) is 0 Å². The molecule has 2 aromatic rings. The van der Waals surface area contributed by atoms with E-state index in [1.807, 2.05) is 12.3 Å². The van der Waals surface area contributed by atoms with Gasteiger partial charge >= 0.3 is 6.02 Å². The van der Waals surface area contributed by atoms with E-state index >= 15 is 0 Å². The van der Waals surface area contributed by atoms with Crippen LogP contribution in [0.3, 0.4) is 0 Å². The van der Waals surface area contributed by atoms with Crippen LogP contribution in [0.25, 0.3) is 11.3 Å². The van der Waals surface area contributed by atoms with Gasteiger partial charge in [-0.3, -0.25) is 4.90 Å². The molecule has 0 aliphatic carbocycles. The predicted molar refractivity (Wildman–Crippen MR) is 97.2 cm³/mol. The molecule has 3 saturated heterocycles. The van der Waals surface area contributed by atoms with Gasteiger partial charge < -0.3 is 4.74 Å². The third kappa shape index (κ3) is 2.66. The van der Waals surface area contributed by atoms with Crippen molar-refractivity contribution in [3.8, 4) is 11.3 Å². The summed E-state index contributed by atoms with van der Waals surface area (Å²) in [6.45, 7) is 3.19. The number of rotatable bonds is 2. The number of hydrogen-bond acceptors (Lipinski definition) is 5. The first-order valence-electron chi connectivity index (χ1n) is 8.89. The van der Waals surface area contributed by atoms with Crippen molar-refractivity contribution in [3.05, 3.63) is 42.5 Å². The maximum Gasteiger partial charge on any atom is 0.554 e. The van der Waals surface area contributed by atoms with E-state index in [-0.39, 0.29) is 11.4 Å². The van der Waals surface area contributed by atoms with Crippen molar-refractivity contribution in [2.45, 2.75) is 18.4 Å². The molecule has 4 aliphatic rings. The maximum absolute atomic E-state index is 13.5. The van der Waals surface area contributed by atoms with Crippen LogP contribution in [0.15, 0.2) is 36.7 Å². The van der Waals surface area contributed by atoms with Gasteiger partial charge in [0.2, 0.25) is 17.6 Å². The van der Waals surface area contributed by atoms with Crippen LogP contribution < -0.4 is 9.98 Å². The van der Waals surface area contributed by atoms with Crippen LogP contribution in [0.2, 0.25) is 0 Å². The molecule has 6 rings (SSSR count). The Morgan fingerprint density at radius 1 is 1.23 bits per heavy atom. The summed E-state index contributed by atoms with van der Waals surface area (Å²) >= 11 is 0. The highest BCUT2D eigenvalue weighted by atomic mass is 19.1. The Hall–Kier alpha value is -2.76. The van der Waals surface area contributed by atoms with Gasteiger partial charge in [0.15, 0.2) is 0 Å². The molecular weight excluding hydrogens is 333 g/mol. The third-order valence-corrected chi connectivity index (χ3v) is 5.46. The van der Waals surface area contributed by atoms with Crippen molar-refractivity contribution >= 4 is 18.1 Å². The van der Waals surface area contributed by atoms with Crippen LogP contribution in [0.4, 0.5) is 10.2 Å². The first-order valence-corrected chi connectivity index (χ1v) is 8.89. The smallest absolute Gasteiger partial charge is 0.401 e. The molecular formula is C19H19FN5O+. The minimum absolute atomic E-state index is 0.294. The summed E-state index contributed by atoms with van der Waals surface area (Å²) in [5.74, 6) is 0.798. The van der Waals surface area contributed by atoms with Gasteiger partial charge in [0.1, 0.15) is 12.1 Å². The molecule has 5 heterocycles. The van der Waals surface area contributed by atoms with Gasteiger partial charge in [0.05, 0.1) is 5.69 Å². The van der Waals surface area contributed by atoms with E-state index < -0.39 is 0 Å². The minimum atomic E-state index is -0.308. The van der Waals surface area contributed by atoms with E-state index in [4.69, 9.17) is 4.74 Å². The lowest BCUT2D eigenvalue weighted by Crippen LogP contribution is -2.61. The van der Waals surface area contributed by atoms with Gasteiger partial charge in [-0.25, -0.2) is 9.37 Å². The molecule has 1 spiro atoms. The lowest BCUT2D eigenvalue weighted by atomic mass is 9.76. The number of ether oxygens (including phenoxy) is 1. The molecule has 0 amide bonds. The van der Waals surface area contributed by atoms with Crippen LogP contribution in [0, 0.1) is 11.7 Å². The van der Waals surface area contributed by atoms with Crippen molar-refractivity contribution < 1.29 is 9.13 Å². The fourth-order valence-corrected chi connectivity index (χ4v) is 4.12. The summed E-state index contributed by atoms with van der Waals surface area (Å²) in [6.07, 6.45) is 5.69. The van der Waals surface area contributed by atoms with Crippen molar-refractivity contribution in [1.82, 2.24) is 19.5 Å². The zero-order valence-corrected chi connectivity index (χ0v) is 14.2. The number of nitrogens with zero attached hydrogens (tertiary/aromatic N) is 4. The maximum atomic E-state index is 13.5. The second-order valence-electron chi connectivity index (χ2n) is 7.09. The van der Waals surface area contributed by atoms with Gasteiger partial charge in [0.25, 0.3) is 0 Å². The third-order valence-electron chi connectivity index (χ3n) is 5.46. The number of anilines is 1. The lowest BCUT2D eigenvalue weighted by Gasteiger charge is -2.47. The molecule has 6 nitrogen and oxygen atoms in total. The number of hydrogen-bond donors (Lipinski definition) is 1. The SMILES string of the molecule is Fc1cccc(-c2cc(NC3=[N+]=CC4(CN5CCC4CC5)O3)ncn2)c1. The number of halogens is 1. The molecule has 0 radical (unpaired) electrons. The summed E-state index contributed by atoms with van der Waals surface area (Å²) in [6, 6.07) is 8.56. The molecule has 7 heteroatoms. The number of fused-ring (bicyclic) bond motifs is 2. The summed E-state index contributed by atoms with van der Waals surface area (Å²) in [7, 11) is 0. The molecule has 1 atom stereocenters. The van der Waals surface area contributed by atoms with Gasteiger partial charge in [-0.1, -0.05) is 12.1 Å². The molecule has 1 N–H and O–H groups in total. The normalized spacial score (nSPS) is 28.9. The first kappa shape index (κ1) is 15.5.